The molecule has 3 N–H and O–H groups in total. The van der Waals surface area contributed by atoms with Crippen LogP contribution in [0.15, 0.2) is 12.2 Å². The van der Waals surface area contributed by atoms with Gasteiger partial charge in [-0.25, -0.2) is 5.43 Å². The largest absolute Gasteiger partial charge is 0.460 e. The number of methoxy groups -OCH3 is 1. The lowest BCUT2D eigenvalue weighted by Crippen LogP contribution is -2.61. The molecule has 0 aromatic heterocycles. The molecule has 1 aliphatic rings. The van der Waals surface area contributed by atoms with Gasteiger partial charge < -0.3 is 20.1 Å². The molecule has 1 aliphatic heterocycles. The summed E-state index contributed by atoms with van der Waals surface area (Å²) in [7, 11) is 1.51. The molecule has 0 spiro atoms. The zero-order valence-corrected chi connectivity index (χ0v) is 23.7. The third kappa shape index (κ3) is 10.4. The number of amides is 3. The number of hydrogen-bond acceptors (Lipinski definition) is 7. The van der Waals surface area contributed by atoms with E-state index in [9.17, 15) is 19.2 Å². The van der Waals surface area contributed by atoms with Crippen molar-refractivity contribution < 1.29 is 28.7 Å². The molecule has 0 aliphatic carbocycles. The van der Waals surface area contributed by atoms with Crippen LogP contribution < -0.4 is 16.1 Å². The van der Waals surface area contributed by atoms with E-state index in [0.29, 0.717) is 19.4 Å². The molecule has 0 saturated carbocycles. The van der Waals surface area contributed by atoms with E-state index in [1.807, 2.05) is 6.92 Å². The van der Waals surface area contributed by atoms with E-state index in [1.165, 1.54) is 19.0 Å². The number of allylic oxidation sites excluding steroid dienone is 1. The summed E-state index contributed by atoms with van der Waals surface area (Å²) in [5.74, 6) is -2.72. The molecule has 13 heteroatoms. The van der Waals surface area contributed by atoms with E-state index in [2.05, 4.69) is 16.1 Å². The normalized spacial score (nSPS) is 19.9. The first kappa shape index (κ1) is 32.4. The van der Waals surface area contributed by atoms with Gasteiger partial charge in [-0.1, -0.05) is 67.7 Å². The second-order valence-electron chi connectivity index (χ2n) is 9.01. The van der Waals surface area contributed by atoms with Crippen molar-refractivity contribution in [2.75, 3.05) is 20.3 Å². The molecule has 1 unspecified atom stereocenters. The van der Waals surface area contributed by atoms with E-state index in [0.717, 1.165) is 0 Å². The van der Waals surface area contributed by atoms with Crippen LogP contribution in [-0.2, 0) is 28.7 Å². The number of carbonyl (C=O) groups is 4. The molecule has 0 bridgehead atoms. The smallest absolute Gasteiger partial charge is 0.325 e. The van der Waals surface area contributed by atoms with Crippen molar-refractivity contribution >= 4 is 58.5 Å². The molecule has 0 aromatic rings. The summed E-state index contributed by atoms with van der Waals surface area (Å²) in [6, 6.07) is -2.59. The number of carbonyl (C=O) groups excluding carboxylic acids is 4. The maximum atomic E-state index is 13.0. The Balaban J connectivity index is 2.76. The number of nitrogens with one attached hydrogen (secondary N) is 3. The number of esters is 1. The first-order valence-corrected chi connectivity index (χ1v) is 12.9. The average molecular weight is 572 g/mol. The molecule has 1 saturated heterocycles. The number of halogens is 3. The summed E-state index contributed by atoms with van der Waals surface area (Å²) < 4.78 is 8.59. The lowest BCUT2D eigenvalue weighted by molar-refractivity contribution is -0.152. The number of hydrogen-bond donors (Lipinski definition) is 3. The van der Waals surface area contributed by atoms with Crippen molar-refractivity contribution in [3.63, 3.8) is 0 Å². The SMILES string of the molecule is C/C=C/[C@@H](OC)[C@@H](C)C(=O)NC(C(=O)N[C@@H](C)C(=O)N1CCC[C@@H](C(=O)OCC(Cl)(Cl)Cl)N1)C(C)C. The van der Waals surface area contributed by atoms with Gasteiger partial charge in [0.25, 0.3) is 5.91 Å². The highest BCUT2D eigenvalue weighted by Crippen LogP contribution is 2.26. The molecule has 0 aromatic carbocycles. The predicted octanol–water partition coefficient (Wildman–Crippen LogP) is 2.27. The fourth-order valence-electron chi connectivity index (χ4n) is 3.58. The minimum Gasteiger partial charge on any atom is -0.460 e. The van der Waals surface area contributed by atoms with Crippen molar-refractivity contribution in [1.29, 1.82) is 0 Å². The van der Waals surface area contributed by atoms with Crippen LogP contribution in [0.4, 0.5) is 0 Å². The zero-order valence-electron chi connectivity index (χ0n) is 21.5. The molecule has 5 atom stereocenters. The second-order valence-corrected chi connectivity index (χ2v) is 11.5. The number of hydrazine groups is 1. The molecule has 0 radical (unpaired) electrons. The Morgan fingerprint density at radius 1 is 1.11 bits per heavy atom. The summed E-state index contributed by atoms with van der Waals surface area (Å²) >= 11 is 16.8. The van der Waals surface area contributed by atoms with E-state index < -0.39 is 58.3 Å². The van der Waals surface area contributed by atoms with Crippen LogP contribution in [0.2, 0.25) is 0 Å². The van der Waals surface area contributed by atoms with Crippen molar-refractivity contribution in [2.45, 2.75) is 75.5 Å². The minimum atomic E-state index is -1.74. The van der Waals surface area contributed by atoms with Crippen LogP contribution >= 0.6 is 34.8 Å². The highest BCUT2D eigenvalue weighted by molar-refractivity contribution is 6.67. The third-order valence-electron chi connectivity index (χ3n) is 5.65. The monoisotopic (exact) mass is 570 g/mol. The fraction of sp³-hybridized carbons (Fsp3) is 0.739. The second kappa shape index (κ2) is 15.0. The molecular weight excluding hydrogens is 535 g/mol. The van der Waals surface area contributed by atoms with Crippen molar-refractivity contribution in [3.8, 4) is 0 Å². The number of alkyl halides is 3. The summed E-state index contributed by atoms with van der Waals surface area (Å²) in [6.07, 6.45) is 4.08. The molecule has 36 heavy (non-hydrogen) atoms. The van der Waals surface area contributed by atoms with Crippen LogP contribution in [0.1, 0.15) is 47.5 Å². The van der Waals surface area contributed by atoms with E-state index in [1.54, 1.807) is 32.9 Å². The van der Waals surface area contributed by atoms with Crippen LogP contribution in [-0.4, -0.2) is 77.0 Å². The summed E-state index contributed by atoms with van der Waals surface area (Å²) in [5, 5.41) is 6.69. The lowest BCUT2D eigenvalue weighted by Gasteiger charge is -2.35. The van der Waals surface area contributed by atoms with Crippen LogP contribution in [0.5, 0.6) is 0 Å². The lowest BCUT2D eigenvalue weighted by atomic mass is 9.99. The fourth-order valence-corrected chi connectivity index (χ4v) is 3.74. The van der Waals surface area contributed by atoms with Gasteiger partial charge in [0.15, 0.2) is 0 Å². The van der Waals surface area contributed by atoms with E-state index >= 15 is 0 Å². The minimum absolute atomic E-state index is 0.239. The molecule has 10 nitrogen and oxygen atoms in total. The number of nitrogens with zero attached hydrogens (tertiary/aromatic N) is 1. The number of rotatable bonds is 11. The van der Waals surface area contributed by atoms with Crippen LogP contribution in [0.3, 0.4) is 0 Å². The Kier molecular flexibility index (Phi) is 13.5. The van der Waals surface area contributed by atoms with E-state index in [-0.39, 0.29) is 11.8 Å². The molecule has 1 rings (SSSR count). The Bertz CT molecular complexity index is 805. The topological polar surface area (TPSA) is 126 Å². The Labute approximate surface area is 227 Å². The summed E-state index contributed by atoms with van der Waals surface area (Å²) in [6.45, 7) is 8.56. The van der Waals surface area contributed by atoms with Gasteiger partial charge in [0.1, 0.15) is 24.7 Å². The van der Waals surface area contributed by atoms with Gasteiger partial charge in [0.2, 0.25) is 15.6 Å². The Morgan fingerprint density at radius 3 is 2.28 bits per heavy atom. The molecule has 206 valence electrons. The molecular formula is C23H37Cl3N4O6. The van der Waals surface area contributed by atoms with Gasteiger partial charge >= 0.3 is 5.97 Å². The summed E-state index contributed by atoms with van der Waals surface area (Å²) in [4.78, 5) is 51.0. The van der Waals surface area contributed by atoms with Gasteiger partial charge in [-0.05, 0) is 32.6 Å². The highest BCUT2D eigenvalue weighted by Gasteiger charge is 2.35. The maximum Gasteiger partial charge on any atom is 0.325 e. The Hall–Kier alpha value is -1.59. The molecule has 1 heterocycles. The molecule has 3 amide bonds. The average Bonchev–Trinajstić information content (AvgIpc) is 2.82. The van der Waals surface area contributed by atoms with Crippen molar-refractivity contribution in [2.24, 2.45) is 11.8 Å². The van der Waals surface area contributed by atoms with Gasteiger partial charge in [-0.15, -0.1) is 0 Å². The van der Waals surface area contributed by atoms with Gasteiger partial charge in [-0.3, -0.25) is 24.2 Å². The van der Waals surface area contributed by atoms with Gasteiger partial charge in [-0.2, -0.15) is 0 Å². The maximum absolute atomic E-state index is 13.0. The first-order chi connectivity index (χ1) is 16.7. The third-order valence-corrected chi connectivity index (χ3v) is 5.98. The number of ether oxygens (including phenoxy) is 2. The van der Waals surface area contributed by atoms with Gasteiger partial charge in [0, 0.05) is 13.7 Å². The quantitative estimate of drug-likeness (QED) is 0.197. The van der Waals surface area contributed by atoms with E-state index in [4.69, 9.17) is 44.3 Å². The standard InChI is InChI=1S/C23H37Cl3N4O6/c1-7-9-17(35-6)14(4)19(31)28-18(13(2)3)20(32)27-15(5)21(33)30-11-8-10-16(29-30)22(34)36-12-23(24,25)26/h7,9,13-18,29H,8,10-12H2,1-6H3,(H,27,32)(H,28,31)/b9-7+/t14-,15+,16+,17-,18?/m1/s1. The van der Waals surface area contributed by atoms with Crippen LogP contribution in [0, 0.1) is 11.8 Å². The summed E-state index contributed by atoms with van der Waals surface area (Å²) in [5.41, 5.74) is 2.81. The van der Waals surface area contributed by atoms with Crippen molar-refractivity contribution in [1.82, 2.24) is 21.1 Å². The predicted molar refractivity (Wildman–Crippen MR) is 138 cm³/mol. The zero-order chi connectivity index (χ0) is 27.6. The highest BCUT2D eigenvalue weighted by atomic mass is 35.6. The molecule has 1 fully saturated rings. The van der Waals surface area contributed by atoms with Crippen molar-refractivity contribution in [3.05, 3.63) is 12.2 Å². The first-order valence-electron chi connectivity index (χ1n) is 11.8. The Morgan fingerprint density at radius 2 is 1.75 bits per heavy atom. The van der Waals surface area contributed by atoms with Gasteiger partial charge in [0.05, 0.1) is 12.0 Å². The van der Waals surface area contributed by atoms with Crippen LogP contribution in [0.25, 0.3) is 0 Å².